The van der Waals surface area contributed by atoms with Gasteiger partial charge in [-0.1, -0.05) is 18.2 Å². The number of alkyl halides is 3. The standard InChI is InChI=1S/C18H13F3IN3O2/c19-18(20,21)12-5-3-4-11(10-12)17-25-24-16(27-17)9-8-15(26)23-14-7-2-1-6-13(14)22/h1-7,10H,8-9H2,(H,23,26). The van der Waals surface area contributed by atoms with Gasteiger partial charge in [0.15, 0.2) is 0 Å². The van der Waals surface area contributed by atoms with Crippen molar-refractivity contribution in [2.75, 3.05) is 5.32 Å². The van der Waals surface area contributed by atoms with Crippen LogP contribution in [0.2, 0.25) is 0 Å². The number of nitrogens with one attached hydrogen (secondary N) is 1. The molecular formula is C18H13F3IN3O2. The van der Waals surface area contributed by atoms with E-state index in [1.54, 1.807) is 6.07 Å². The van der Waals surface area contributed by atoms with Gasteiger partial charge < -0.3 is 9.73 Å². The average molecular weight is 487 g/mol. The van der Waals surface area contributed by atoms with Crippen molar-refractivity contribution in [3.05, 3.63) is 63.6 Å². The van der Waals surface area contributed by atoms with Crippen LogP contribution in [0.15, 0.2) is 52.9 Å². The third-order valence-corrected chi connectivity index (χ3v) is 4.56. The molecule has 3 rings (SSSR count). The molecule has 0 aliphatic heterocycles. The molecule has 0 saturated heterocycles. The highest BCUT2D eigenvalue weighted by atomic mass is 127. The first kappa shape index (κ1) is 19.3. The summed E-state index contributed by atoms with van der Waals surface area (Å²) >= 11 is 2.12. The minimum atomic E-state index is -4.45. The maximum Gasteiger partial charge on any atom is 0.416 e. The van der Waals surface area contributed by atoms with Crippen molar-refractivity contribution >= 4 is 34.2 Å². The average Bonchev–Trinajstić information content (AvgIpc) is 3.10. The summed E-state index contributed by atoms with van der Waals surface area (Å²) in [4.78, 5) is 12.0. The Morgan fingerprint density at radius 2 is 1.89 bits per heavy atom. The van der Waals surface area contributed by atoms with Crippen molar-refractivity contribution < 1.29 is 22.4 Å². The molecule has 0 fully saturated rings. The van der Waals surface area contributed by atoms with Gasteiger partial charge in [0.25, 0.3) is 0 Å². The lowest BCUT2D eigenvalue weighted by Crippen LogP contribution is -2.13. The SMILES string of the molecule is O=C(CCc1nnc(-c2cccc(C(F)(F)F)c2)o1)Nc1ccccc1I. The number of halogens is 4. The van der Waals surface area contributed by atoms with E-state index in [4.69, 9.17) is 4.42 Å². The first-order chi connectivity index (χ1) is 12.8. The van der Waals surface area contributed by atoms with Crippen LogP contribution in [-0.4, -0.2) is 16.1 Å². The highest BCUT2D eigenvalue weighted by molar-refractivity contribution is 14.1. The van der Waals surface area contributed by atoms with E-state index in [0.717, 1.165) is 15.7 Å². The first-order valence-corrected chi connectivity index (χ1v) is 8.95. The number of benzene rings is 2. The second-order valence-corrected chi connectivity index (χ2v) is 6.77. The van der Waals surface area contributed by atoms with Crippen LogP contribution < -0.4 is 5.32 Å². The summed E-state index contributed by atoms with van der Waals surface area (Å²) in [7, 11) is 0. The van der Waals surface area contributed by atoms with E-state index in [1.165, 1.54) is 12.1 Å². The van der Waals surface area contributed by atoms with Crippen molar-refractivity contribution in [1.29, 1.82) is 0 Å². The van der Waals surface area contributed by atoms with E-state index in [0.29, 0.717) is 5.69 Å². The molecule has 1 amide bonds. The van der Waals surface area contributed by atoms with Gasteiger partial charge in [0.05, 0.1) is 11.3 Å². The second-order valence-electron chi connectivity index (χ2n) is 5.61. The fourth-order valence-electron chi connectivity index (χ4n) is 2.30. The zero-order valence-electron chi connectivity index (χ0n) is 13.8. The minimum absolute atomic E-state index is 0.0193. The molecular weight excluding hydrogens is 474 g/mol. The molecule has 0 aliphatic carbocycles. The molecule has 5 nitrogen and oxygen atoms in total. The second kappa shape index (κ2) is 8.07. The molecule has 1 heterocycles. The van der Waals surface area contributed by atoms with E-state index < -0.39 is 11.7 Å². The highest BCUT2D eigenvalue weighted by Gasteiger charge is 2.30. The van der Waals surface area contributed by atoms with Gasteiger partial charge in [-0.05, 0) is 52.9 Å². The summed E-state index contributed by atoms with van der Waals surface area (Å²) < 4.78 is 44.7. The van der Waals surface area contributed by atoms with E-state index in [2.05, 4.69) is 38.1 Å². The smallest absolute Gasteiger partial charge is 0.416 e. The predicted molar refractivity (Wildman–Crippen MR) is 101 cm³/mol. The van der Waals surface area contributed by atoms with Crippen LogP contribution in [0.25, 0.3) is 11.5 Å². The number of aryl methyl sites for hydroxylation is 1. The molecule has 0 aliphatic rings. The predicted octanol–water partition coefficient (Wildman–Crippen LogP) is 4.93. The lowest BCUT2D eigenvalue weighted by Gasteiger charge is -2.06. The summed E-state index contributed by atoms with van der Waals surface area (Å²) in [5, 5.41) is 10.4. The van der Waals surface area contributed by atoms with E-state index in [-0.39, 0.29) is 36.1 Å². The third kappa shape index (κ3) is 5.06. The Balaban J connectivity index is 1.63. The largest absolute Gasteiger partial charge is 0.421 e. The first-order valence-electron chi connectivity index (χ1n) is 7.87. The summed E-state index contributed by atoms with van der Waals surface area (Å²) in [6, 6.07) is 12.0. The van der Waals surface area contributed by atoms with E-state index >= 15 is 0 Å². The van der Waals surface area contributed by atoms with Crippen molar-refractivity contribution in [2.24, 2.45) is 0 Å². The Labute approximate surface area is 166 Å². The topological polar surface area (TPSA) is 68.0 Å². The van der Waals surface area contributed by atoms with Gasteiger partial charge in [-0.15, -0.1) is 10.2 Å². The minimum Gasteiger partial charge on any atom is -0.421 e. The Morgan fingerprint density at radius 1 is 1.11 bits per heavy atom. The molecule has 0 saturated carbocycles. The number of nitrogens with zero attached hydrogens (tertiary/aromatic N) is 2. The van der Waals surface area contributed by atoms with Crippen LogP contribution in [0.3, 0.4) is 0 Å². The highest BCUT2D eigenvalue weighted by Crippen LogP contribution is 2.31. The van der Waals surface area contributed by atoms with Gasteiger partial charge >= 0.3 is 6.18 Å². The number of rotatable bonds is 5. The molecule has 2 aromatic carbocycles. The number of carbonyl (C=O) groups excluding carboxylic acids is 1. The van der Waals surface area contributed by atoms with E-state index in [1.807, 2.05) is 18.2 Å². The molecule has 0 atom stereocenters. The number of carbonyl (C=O) groups is 1. The van der Waals surface area contributed by atoms with Crippen LogP contribution in [0.1, 0.15) is 17.9 Å². The van der Waals surface area contributed by atoms with Crippen LogP contribution in [0, 0.1) is 3.57 Å². The molecule has 0 spiro atoms. The molecule has 140 valence electrons. The maximum atomic E-state index is 12.8. The molecule has 1 N–H and O–H groups in total. The van der Waals surface area contributed by atoms with Crippen molar-refractivity contribution in [2.45, 2.75) is 19.0 Å². The number of anilines is 1. The Bertz CT molecular complexity index is 957. The van der Waals surface area contributed by atoms with Crippen LogP contribution in [0.4, 0.5) is 18.9 Å². The Morgan fingerprint density at radius 3 is 2.63 bits per heavy atom. The lowest BCUT2D eigenvalue weighted by atomic mass is 10.1. The number of hydrogen-bond acceptors (Lipinski definition) is 4. The van der Waals surface area contributed by atoms with Crippen molar-refractivity contribution in [1.82, 2.24) is 10.2 Å². The van der Waals surface area contributed by atoms with Gasteiger partial charge in [-0.25, -0.2) is 0 Å². The molecule has 27 heavy (non-hydrogen) atoms. The monoisotopic (exact) mass is 487 g/mol. The number of hydrogen-bond donors (Lipinski definition) is 1. The quantitative estimate of drug-likeness (QED) is 0.519. The zero-order valence-corrected chi connectivity index (χ0v) is 15.9. The van der Waals surface area contributed by atoms with Gasteiger partial charge in [0.2, 0.25) is 17.7 Å². The zero-order chi connectivity index (χ0) is 19.4. The van der Waals surface area contributed by atoms with Gasteiger partial charge in [-0.2, -0.15) is 13.2 Å². The van der Waals surface area contributed by atoms with Crippen LogP contribution >= 0.6 is 22.6 Å². The fraction of sp³-hybridized carbons (Fsp3) is 0.167. The molecule has 0 radical (unpaired) electrons. The van der Waals surface area contributed by atoms with Crippen molar-refractivity contribution in [3.8, 4) is 11.5 Å². The number of para-hydroxylation sites is 1. The molecule has 1 aromatic heterocycles. The van der Waals surface area contributed by atoms with Crippen LogP contribution in [-0.2, 0) is 17.4 Å². The van der Waals surface area contributed by atoms with Gasteiger partial charge in [0, 0.05) is 22.0 Å². The van der Waals surface area contributed by atoms with E-state index in [9.17, 15) is 18.0 Å². The molecule has 0 bridgehead atoms. The fourth-order valence-corrected chi connectivity index (χ4v) is 2.82. The number of amides is 1. The summed E-state index contributed by atoms with van der Waals surface area (Å²) in [6.45, 7) is 0. The summed E-state index contributed by atoms with van der Waals surface area (Å²) in [5.74, 6) is -0.0626. The third-order valence-electron chi connectivity index (χ3n) is 3.62. The molecule has 9 heteroatoms. The van der Waals surface area contributed by atoms with Crippen LogP contribution in [0.5, 0.6) is 0 Å². The maximum absolute atomic E-state index is 12.8. The Kier molecular flexibility index (Phi) is 5.78. The number of aromatic nitrogens is 2. The van der Waals surface area contributed by atoms with Gasteiger partial charge in [0.1, 0.15) is 0 Å². The van der Waals surface area contributed by atoms with Crippen molar-refractivity contribution in [3.63, 3.8) is 0 Å². The normalized spacial score (nSPS) is 11.4. The lowest BCUT2D eigenvalue weighted by molar-refractivity contribution is -0.137. The molecule has 0 unspecified atom stereocenters. The summed E-state index contributed by atoms with van der Waals surface area (Å²) in [5.41, 5.74) is 0.0849. The van der Waals surface area contributed by atoms with Gasteiger partial charge in [-0.3, -0.25) is 4.79 Å². The Hall–Kier alpha value is -2.43. The summed E-state index contributed by atoms with van der Waals surface area (Å²) in [6.07, 6.45) is -4.16. The molecule has 3 aromatic rings.